The summed E-state index contributed by atoms with van der Waals surface area (Å²) in [6, 6.07) is 11.9. The minimum atomic E-state index is -3.78. The van der Waals surface area contributed by atoms with Crippen molar-refractivity contribution in [2.75, 3.05) is 17.1 Å². The highest BCUT2D eigenvalue weighted by molar-refractivity contribution is 7.92. The van der Waals surface area contributed by atoms with Gasteiger partial charge in [-0.3, -0.25) is 9.10 Å². The predicted octanol–water partition coefficient (Wildman–Crippen LogP) is 3.92. The molecular weight excluding hydrogens is 416 g/mol. The highest BCUT2D eigenvalue weighted by atomic mass is 35.5. The van der Waals surface area contributed by atoms with Crippen molar-refractivity contribution in [3.63, 3.8) is 0 Å². The van der Waals surface area contributed by atoms with Crippen LogP contribution in [0.15, 0.2) is 52.7 Å². The van der Waals surface area contributed by atoms with Gasteiger partial charge in [0.05, 0.1) is 17.5 Å². The van der Waals surface area contributed by atoms with Crippen LogP contribution in [0.5, 0.6) is 5.88 Å². The highest BCUT2D eigenvalue weighted by Gasteiger charge is 2.23. The summed E-state index contributed by atoms with van der Waals surface area (Å²) < 4.78 is 27.0. The number of hydrogen-bond acceptors (Lipinski definition) is 5. The van der Waals surface area contributed by atoms with E-state index in [0.717, 1.165) is 16.1 Å². The highest BCUT2D eigenvalue weighted by Crippen LogP contribution is 2.37. The molecule has 0 radical (unpaired) electrons. The zero-order valence-electron chi connectivity index (χ0n) is 16.0. The van der Waals surface area contributed by atoms with Crippen molar-refractivity contribution in [1.82, 2.24) is 4.57 Å². The number of aromatic hydroxyl groups is 1. The number of amides is 1. The van der Waals surface area contributed by atoms with E-state index in [1.54, 1.807) is 44.3 Å². The lowest BCUT2D eigenvalue weighted by Gasteiger charge is -2.22. The van der Waals surface area contributed by atoms with E-state index in [9.17, 15) is 18.3 Å². The normalized spacial score (nSPS) is 12.0. The fourth-order valence-electron chi connectivity index (χ4n) is 2.95. The molecule has 0 fully saturated rings. The lowest BCUT2D eigenvalue weighted by atomic mass is 10.2. The van der Waals surface area contributed by atoms with Crippen molar-refractivity contribution in [3.8, 4) is 5.88 Å². The fourth-order valence-corrected chi connectivity index (χ4v) is 4.02. The number of rotatable bonds is 5. The minimum absolute atomic E-state index is 0.140. The Kier molecular flexibility index (Phi) is 5.63. The summed E-state index contributed by atoms with van der Waals surface area (Å²) in [6.45, 7) is 1.17. The van der Waals surface area contributed by atoms with Gasteiger partial charge in [0.2, 0.25) is 15.9 Å². The maximum absolute atomic E-state index is 12.4. The molecule has 0 atom stereocenters. The van der Waals surface area contributed by atoms with Gasteiger partial charge in [-0.15, -0.1) is 10.2 Å². The number of anilines is 1. The lowest BCUT2D eigenvalue weighted by Crippen LogP contribution is -2.34. The van der Waals surface area contributed by atoms with Crippen molar-refractivity contribution in [2.45, 2.75) is 6.92 Å². The first kappa shape index (κ1) is 20.8. The molecule has 1 heterocycles. The predicted molar refractivity (Wildman–Crippen MR) is 112 cm³/mol. The van der Waals surface area contributed by atoms with Crippen molar-refractivity contribution >= 4 is 49.8 Å². The number of benzene rings is 2. The van der Waals surface area contributed by atoms with Gasteiger partial charge in [-0.05, 0) is 30.7 Å². The number of sulfonamides is 1. The summed E-state index contributed by atoms with van der Waals surface area (Å²) >= 11 is 5.99. The maximum Gasteiger partial charge on any atom is 0.285 e. The minimum Gasteiger partial charge on any atom is -0.493 e. The molecule has 3 aromatic rings. The monoisotopic (exact) mass is 434 g/mol. The molecule has 152 valence electrons. The quantitative estimate of drug-likeness (QED) is 0.614. The number of carbonyl (C=O) groups is 1. The largest absolute Gasteiger partial charge is 0.493 e. The second kappa shape index (κ2) is 7.84. The fraction of sp³-hybridized carbons (Fsp3) is 0.211. The maximum atomic E-state index is 12.4. The van der Waals surface area contributed by atoms with Crippen LogP contribution in [0.1, 0.15) is 5.56 Å². The summed E-state index contributed by atoms with van der Waals surface area (Å²) in [5.41, 5.74) is 1.79. The summed E-state index contributed by atoms with van der Waals surface area (Å²) in [5, 5.41) is 18.7. The van der Waals surface area contributed by atoms with Gasteiger partial charge >= 0.3 is 0 Å². The average Bonchev–Trinajstić information content (AvgIpc) is 2.90. The zero-order valence-corrected chi connectivity index (χ0v) is 17.6. The van der Waals surface area contributed by atoms with Crippen LogP contribution in [-0.4, -0.2) is 36.8 Å². The third-order valence-corrected chi connectivity index (χ3v) is 5.79. The standard InChI is InChI=1S/C19H19ClN4O4S/c1-12-8-9-13(20)10-16(12)24(29(3,27)28)11-17(25)21-22-18-14-6-4-5-7-15(14)23(2)19(18)26/h4-10,26H,11H2,1-3H3. The van der Waals surface area contributed by atoms with Gasteiger partial charge in [-0.1, -0.05) is 35.9 Å². The Bertz CT molecular complexity index is 1230. The molecule has 10 heteroatoms. The number of hydrogen-bond donors (Lipinski definition) is 1. The van der Waals surface area contributed by atoms with Gasteiger partial charge in [-0.2, -0.15) is 0 Å². The zero-order chi connectivity index (χ0) is 21.3. The van der Waals surface area contributed by atoms with Crippen LogP contribution in [0, 0.1) is 6.92 Å². The molecule has 3 rings (SSSR count). The summed E-state index contributed by atoms with van der Waals surface area (Å²) in [5.74, 6) is -0.935. The van der Waals surface area contributed by atoms with E-state index >= 15 is 0 Å². The van der Waals surface area contributed by atoms with Gasteiger partial charge in [0.25, 0.3) is 5.91 Å². The topological polar surface area (TPSA) is 104 Å². The van der Waals surface area contributed by atoms with E-state index in [1.807, 2.05) is 6.07 Å². The van der Waals surface area contributed by atoms with E-state index in [2.05, 4.69) is 10.2 Å². The van der Waals surface area contributed by atoms with Gasteiger partial charge in [0, 0.05) is 17.5 Å². The molecule has 2 aromatic carbocycles. The Morgan fingerprint density at radius 1 is 1.24 bits per heavy atom. The summed E-state index contributed by atoms with van der Waals surface area (Å²) in [7, 11) is -2.12. The second-order valence-corrected chi connectivity index (χ2v) is 8.89. The van der Waals surface area contributed by atoms with Crippen molar-refractivity contribution in [3.05, 3.63) is 53.1 Å². The van der Waals surface area contributed by atoms with E-state index in [1.165, 1.54) is 10.6 Å². The smallest absolute Gasteiger partial charge is 0.285 e. The molecular formula is C19H19ClN4O4S. The van der Waals surface area contributed by atoms with E-state index < -0.39 is 22.5 Å². The van der Waals surface area contributed by atoms with Crippen molar-refractivity contribution in [2.24, 2.45) is 17.3 Å². The van der Waals surface area contributed by atoms with Crippen LogP contribution >= 0.6 is 11.6 Å². The van der Waals surface area contributed by atoms with E-state index in [-0.39, 0.29) is 17.3 Å². The molecule has 0 spiro atoms. The van der Waals surface area contributed by atoms with Crippen LogP contribution in [-0.2, 0) is 21.9 Å². The number of azo groups is 1. The first-order valence-electron chi connectivity index (χ1n) is 8.54. The average molecular weight is 435 g/mol. The van der Waals surface area contributed by atoms with Gasteiger partial charge < -0.3 is 9.67 Å². The number of carbonyl (C=O) groups excluding carboxylic acids is 1. The Morgan fingerprint density at radius 3 is 2.62 bits per heavy atom. The molecule has 0 aliphatic rings. The molecule has 0 aliphatic carbocycles. The summed E-state index contributed by atoms with van der Waals surface area (Å²) in [4.78, 5) is 12.4. The molecule has 29 heavy (non-hydrogen) atoms. The molecule has 0 saturated carbocycles. The van der Waals surface area contributed by atoms with Gasteiger partial charge in [0.1, 0.15) is 6.54 Å². The van der Waals surface area contributed by atoms with E-state index in [4.69, 9.17) is 11.6 Å². The lowest BCUT2D eigenvalue weighted by molar-refractivity contribution is -0.116. The van der Waals surface area contributed by atoms with Crippen LogP contribution in [0.25, 0.3) is 10.9 Å². The SMILES string of the molecule is Cc1ccc(Cl)cc1N(CC(=O)N=Nc1c(O)n(C)c2ccccc12)S(C)(=O)=O. The Labute approximate surface area is 173 Å². The Balaban J connectivity index is 1.93. The first-order valence-corrected chi connectivity index (χ1v) is 10.8. The number of fused-ring (bicyclic) bond motifs is 1. The van der Waals surface area contributed by atoms with Crippen LogP contribution in [0.3, 0.4) is 0 Å². The molecule has 0 bridgehead atoms. The van der Waals surface area contributed by atoms with Crippen molar-refractivity contribution in [1.29, 1.82) is 0 Å². The van der Waals surface area contributed by atoms with E-state index in [0.29, 0.717) is 16.0 Å². The number of para-hydroxylation sites is 1. The molecule has 0 unspecified atom stereocenters. The molecule has 0 aliphatic heterocycles. The summed E-state index contributed by atoms with van der Waals surface area (Å²) in [6.07, 6.45) is 0.994. The Morgan fingerprint density at radius 2 is 1.93 bits per heavy atom. The molecule has 0 saturated heterocycles. The number of aromatic nitrogens is 1. The number of aryl methyl sites for hydroxylation is 2. The number of halogens is 1. The molecule has 1 N–H and O–H groups in total. The van der Waals surface area contributed by atoms with Gasteiger partial charge in [0.15, 0.2) is 5.69 Å². The molecule has 8 nitrogen and oxygen atoms in total. The molecule has 1 aromatic heterocycles. The van der Waals surface area contributed by atoms with Gasteiger partial charge in [-0.25, -0.2) is 8.42 Å². The Hall–Kier alpha value is -2.91. The third-order valence-electron chi connectivity index (χ3n) is 4.43. The van der Waals surface area contributed by atoms with Crippen molar-refractivity contribution < 1.29 is 18.3 Å². The first-order chi connectivity index (χ1) is 13.6. The van der Waals surface area contributed by atoms with Crippen LogP contribution < -0.4 is 4.31 Å². The molecule has 1 amide bonds. The second-order valence-electron chi connectivity index (χ2n) is 6.54. The van der Waals surface area contributed by atoms with Crippen LogP contribution in [0.4, 0.5) is 11.4 Å². The van der Waals surface area contributed by atoms with Crippen LogP contribution in [0.2, 0.25) is 5.02 Å². The number of nitrogens with zero attached hydrogens (tertiary/aromatic N) is 4. The third kappa shape index (κ3) is 4.25.